The maximum Gasteiger partial charge on any atom is 0.341 e. The van der Waals surface area contributed by atoms with Crippen LogP contribution in [0, 0.1) is 18.6 Å². The van der Waals surface area contributed by atoms with Gasteiger partial charge in [0, 0.05) is 45.2 Å². The summed E-state index contributed by atoms with van der Waals surface area (Å²) in [7, 11) is 1.81. The Kier molecular flexibility index (Phi) is 5.75. The zero-order chi connectivity index (χ0) is 22.1. The highest BCUT2D eigenvalue weighted by Crippen LogP contribution is 2.34. The minimum atomic E-state index is -0.714. The summed E-state index contributed by atoms with van der Waals surface area (Å²) in [5, 5.41) is 5.27. The first-order chi connectivity index (χ1) is 14.9. The average molecular weight is 430 g/mol. The van der Waals surface area contributed by atoms with Crippen molar-refractivity contribution < 1.29 is 23.0 Å². The number of pyridine rings is 1. The lowest BCUT2D eigenvalue weighted by molar-refractivity contribution is 0.0526. The molecule has 0 radical (unpaired) electrons. The van der Waals surface area contributed by atoms with Gasteiger partial charge in [-0.15, -0.1) is 0 Å². The Morgan fingerprint density at radius 1 is 1.26 bits per heavy atom. The Bertz CT molecular complexity index is 1120. The van der Waals surface area contributed by atoms with Crippen LogP contribution in [0.1, 0.15) is 35.8 Å². The molecule has 164 valence electrons. The van der Waals surface area contributed by atoms with Crippen LogP contribution < -0.4 is 9.64 Å². The Morgan fingerprint density at radius 3 is 2.68 bits per heavy atom. The maximum atomic E-state index is 13.9. The molecule has 0 N–H and O–H groups in total. The number of anilines is 1. The molecule has 1 aromatic carbocycles. The monoisotopic (exact) mass is 430 g/mol. The summed E-state index contributed by atoms with van der Waals surface area (Å²) in [5.74, 6) is -1.74. The first-order valence-electron chi connectivity index (χ1n) is 10.2. The minimum Gasteiger partial charge on any atom is -0.487 e. The van der Waals surface area contributed by atoms with E-state index in [2.05, 4.69) is 15.0 Å². The van der Waals surface area contributed by atoms with Gasteiger partial charge in [-0.2, -0.15) is 5.10 Å². The molecule has 1 aliphatic heterocycles. The van der Waals surface area contributed by atoms with E-state index in [9.17, 15) is 13.6 Å². The number of aromatic nitrogens is 3. The number of aryl methyl sites for hydroxylation is 2. The van der Waals surface area contributed by atoms with Gasteiger partial charge in [0.15, 0.2) is 17.2 Å². The number of hydrogen-bond acceptors (Lipinski definition) is 6. The van der Waals surface area contributed by atoms with E-state index < -0.39 is 17.6 Å². The third kappa shape index (κ3) is 4.04. The van der Waals surface area contributed by atoms with Gasteiger partial charge in [0.25, 0.3) is 0 Å². The van der Waals surface area contributed by atoms with Crippen molar-refractivity contribution in [3.05, 3.63) is 47.3 Å². The summed E-state index contributed by atoms with van der Waals surface area (Å²) >= 11 is 0. The highest BCUT2D eigenvalue weighted by atomic mass is 19.1. The summed E-state index contributed by atoms with van der Waals surface area (Å²) in [6.07, 6.45) is 2.55. The largest absolute Gasteiger partial charge is 0.487 e. The smallest absolute Gasteiger partial charge is 0.341 e. The lowest BCUT2D eigenvalue weighted by Gasteiger charge is -2.35. The van der Waals surface area contributed by atoms with Crippen LogP contribution in [0.25, 0.3) is 11.0 Å². The molecule has 4 rings (SSSR count). The van der Waals surface area contributed by atoms with E-state index in [1.807, 2.05) is 14.0 Å². The lowest BCUT2D eigenvalue weighted by atomic mass is 10.0. The zero-order valence-corrected chi connectivity index (χ0v) is 17.7. The normalized spacial score (nSPS) is 14.8. The first-order valence-corrected chi connectivity index (χ1v) is 10.2. The van der Waals surface area contributed by atoms with Crippen molar-refractivity contribution in [1.82, 2.24) is 14.8 Å². The zero-order valence-electron chi connectivity index (χ0n) is 17.7. The molecular formula is C22H24F2N4O3. The number of esters is 1. The molecule has 0 aliphatic carbocycles. The molecule has 2 aromatic heterocycles. The van der Waals surface area contributed by atoms with E-state index >= 15 is 0 Å². The Balaban J connectivity index is 1.60. The van der Waals surface area contributed by atoms with Crippen LogP contribution in [0.5, 0.6) is 5.75 Å². The quantitative estimate of drug-likeness (QED) is 0.574. The fraction of sp³-hybridized carbons (Fsp3) is 0.409. The fourth-order valence-corrected chi connectivity index (χ4v) is 4.03. The second-order valence-electron chi connectivity index (χ2n) is 7.53. The molecule has 0 amide bonds. The van der Waals surface area contributed by atoms with Crippen LogP contribution in [0.4, 0.5) is 14.5 Å². The second kappa shape index (κ2) is 8.49. The number of ether oxygens (including phenoxy) is 2. The Labute approximate surface area is 178 Å². The van der Waals surface area contributed by atoms with Gasteiger partial charge >= 0.3 is 5.97 Å². The highest BCUT2D eigenvalue weighted by Gasteiger charge is 2.29. The molecule has 1 aliphatic rings. The number of carbonyl (C=O) groups excluding carboxylic acids is 1. The topological polar surface area (TPSA) is 69.5 Å². The Hall–Kier alpha value is -3.23. The highest BCUT2D eigenvalue weighted by molar-refractivity contribution is 6.05. The number of halogens is 2. The molecule has 0 spiro atoms. The average Bonchev–Trinajstić information content (AvgIpc) is 3.04. The van der Waals surface area contributed by atoms with E-state index in [1.165, 1.54) is 18.3 Å². The van der Waals surface area contributed by atoms with Gasteiger partial charge in [-0.1, -0.05) is 0 Å². The summed E-state index contributed by atoms with van der Waals surface area (Å²) in [6.45, 7) is 5.09. The summed E-state index contributed by atoms with van der Waals surface area (Å²) in [6, 6.07) is 3.30. The van der Waals surface area contributed by atoms with Crippen LogP contribution in [0.3, 0.4) is 0 Å². The first kappa shape index (κ1) is 21.0. The van der Waals surface area contributed by atoms with Crippen molar-refractivity contribution in [1.29, 1.82) is 0 Å². The van der Waals surface area contributed by atoms with Crippen LogP contribution >= 0.6 is 0 Å². The molecule has 0 unspecified atom stereocenters. The third-order valence-corrected chi connectivity index (χ3v) is 5.44. The molecule has 7 nitrogen and oxygen atoms in total. The number of carbonyl (C=O) groups is 1. The third-order valence-electron chi connectivity index (χ3n) is 5.44. The van der Waals surface area contributed by atoms with Crippen molar-refractivity contribution in [3.63, 3.8) is 0 Å². The minimum absolute atomic E-state index is 0.0430. The second-order valence-corrected chi connectivity index (χ2v) is 7.53. The Morgan fingerprint density at radius 2 is 2.00 bits per heavy atom. The molecule has 3 aromatic rings. The molecule has 0 bridgehead atoms. The summed E-state index contributed by atoms with van der Waals surface area (Å²) in [4.78, 5) is 19.2. The van der Waals surface area contributed by atoms with Gasteiger partial charge < -0.3 is 14.4 Å². The van der Waals surface area contributed by atoms with E-state index in [0.717, 1.165) is 22.8 Å². The molecule has 9 heteroatoms. The van der Waals surface area contributed by atoms with Crippen LogP contribution in [-0.4, -0.2) is 46.5 Å². The molecule has 31 heavy (non-hydrogen) atoms. The molecule has 1 saturated heterocycles. The van der Waals surface area contributed by atoms with Gasteiger partial charge in [0.1, 0.15) is 17.5 Å². The number of fused-ring (bicyclic) bond motifs is 1. The predicted molar refractivity (Wildman–Crippen MR) is 111 cm³/mol. The molecule has 0 atom stereocenters. The number of rotatable bonds is 5. The lowest BCUT2D eigenvalue weighted by Crippen LogP contribution is -2.39. The SMILES string of the molecule is CCOC(=O)c1cnc2c(c(C)nn2C)c1N1CCC(Oc2ccc(F)cc2F)CC1. The van der Waals surface area contributed by atoms with E-state index in [4.69, 9.17) is 9.47 Å². The van der Waals surface area contributed by atoms with E-state index in [1.54, 1.807) is 11.6 Å². The van der Waals surface area contributed by atoms with Crippen LogP contribution in [0.15, 0.2) is 24.4 Å². The van der Waals surface area contributed by atoms with Crippen molar-refractivity contribution in [2.45, 2.75) is 32.8 Å². The van der Waals surface area contributed by atoms with Gasteiger partial charge in [-0.25, -0.2) is 18.6 Å². The van der Waals surface area contributed by atoms with Crippen LogP contribution in [0.2, 0.25) is 0 Å². The standard InChI is InChI=1S/C22H24F2N4O3/c1-4-30-22(29)16-12-25-21-19(13(2)26-27(21)3)20(16)28-9-7-15(8-10-28)31-18-6-5-14(23)11-17(18)24/h5-6,11-12,15H,4,7-10H2,1-3H3. The molecular weight excluding hydrogens is 406 g/mol. The number of nitrogens with zero attached hydrogens (tertiary/aromatic N) is 4. The summed E-state index contributed by atoms with van der Waals surface area (Å²) in [5.41, 5.74) is 2.61. The van der Waals surface area contributed by atoms with Crippen molar-refractivity contribution in [2.75, 3.05) is 24.6 Å². The van der Waals surface area contributed by atoms with Gasteiger partial charge in [-0.05, 0) is 26.0 Å². The maximum absolute atomic E-state index is 13.9. The van der Waals surface area contributed by atoms with Crippen molar-refractivity contribution in [3.8, 4) is 5.75 Å². The van der Waals surface area contributed by atoms with E-state index in [0.29, 0.717) is 37.1 Å². The van der Waals surface area contributed by atoms with Crippen molar-refractivity contribution >= 4 is 22.7 Å². The molecule has 1 fully saturated rings. The number of hydrogen-bond donors (Lipinski definition) is 0. The predicted octanol–water partition coefficient (Wildman–Crippen LogP) is 3.78. The van der Waals surface area contributed by atoms with Gasteiger partial charge in [0.2, 0.25) is 0 Å². The van der Waals surface area contributed by atoms with Crippen molar-refractivity contribution in [2.24, 2.45) is 7.05 Å². The summed E-state index contributed by atoms with van der Waals surface area (Å²) < 4.78 is 39.8. The van der Waals surface area contributed by atoms with E-state index in [-0.39, 0.29) is 18.5 Å². The number of piperidine rings is 1. The molecule has 0 saturated carbocycles. The fourth-order valence-electron chi connectivity index (χ4n) is 4.03. The molecule has 3 heterocycles. The number of benzene rings is 1. The van der Waals surface area contributed by atoms with Crippen LogP contribution in [-0.2, 0) is 11.8 Å². The van der Waals surface area contributed by atoms with Gasteiger partial charge in [-0.3, -0.25) is 4.68 Å². The van der Waals surface area contributed by atoms with Gasteiger partial charge in [0.05, 0.1) is 23.4 Å².